The first kappa shape index (κ1) is 17.9. The number of carbonyl (C=O) groups excluding carboxylic acids is 1. The highest BCUT2D eigenvalue weighted by Gasteiger charge is 2.44. The van der Waals surface area contributed by atoms with Crippen molar-refractivity contribution in [2.24, 2.45) is 0 Å². The molecular formula is C17H25F2N3O. The van der Waals surface area contributed by atoms with E-state index in [1.165, 1.54) is 0 Å². The Labute approximate surface area is 136 Å². The van der Waals surface area contributed by atoms with Gasteiger partial charge in [0, 0.05) is 30.6 Å². The first-order chi connectivity index (χ1) is 10.5. The summed E-state index contributed by atoms with van der Waals surface area (Å²) in [5, 5.41) is 9.40. The lowest BCUT2D eigenvalue weighted by molar-refractivity contribution is -0.129. The second-order valence-corrected chi connectivity index (χ2v) is 7.72. The van der Waals surface area contributed by atoms with Crippen molar-refractivity contribution in [3.63, 3.8) is 0 Å². The molecule has 2 heterocycles. The maximum atomic E-state index is 13.4. The fourth-order valence-electron chi connectivity index (χ4n) is 3.44. The van der Waals surface area contributed by atoms with E-state index in [4.69, 9.17) is 0 Å². The van der Waals surface area contributed by atoms with Gasteiger partial charge in [-0.1, -0.05) is 0 Å². The normalized spacial score (nSPS) is 24.7. The van der Waals surface area contributed by atoms with Crippen molar-refractivity contribution in [3.05, 3.63) is 11.6 Å². The standard InChI is InChI=1S/C17H25F2N3O/c1-15(2)6-5-8-22(15)14(23)13(11-20)10-16(3,4)21-9-7-17(18,19)12-21/h10H,5-9,12H2,1-4H3/b13-10+. The molecule has 0 aliphatic carbocycles. The zero-order valence-electron chi connectivity index (χ0n) is 14.3. The van der Waals surface area contributed by atoms with Crippen LogP contribution in [0.2, 0.25) is 0 Å². The maximum Gasteiger partial charge on any atom is 0.264 e. The topological polar surface area (TPSA) is 47.3 Å². The van der Waals surface area contributed by atoms with Gasteiger partial charge in [0.15, 0.2) is 0 Å². The van der Waals surface area contributed by atoms with E-state index in [-0.39, 0.29) is 36.5 Å². The van der Waals surface area contributed by atoms with Crippen LogP contribution >= 0.6 is 0 Å². The number of nitriles is 1. The van der Waals surface area contributed by atoms with Gasteiger partial charge in [0.05, 0.1) is 6.54 Å². The molecule has 0 aromatic heterocycles. The monoisotopic (exact) mass is 325 g/mol. The van der Waals surface area contributed by atoms with Crippen LogP contribution in [-0.4, -0.2) is 52.3 Å². The third-order valence-electron chi connectivity index (χ3n) is 4.98. The van der Waals surface area contributed by atoms with Gasteiger partial charge in [-0.2, -0.15) is 5.26 Å². The van der Waals surface area contributed by atoms with Gasteiger partial charge >= 0.3 is 0 Å². The van der Waals surface area contributed by atoms with Gasteiger partial charge < -0.3 is 4.90 Å². The second-order valence-electron chi connectivity index (χ2n) is 7.72. The van der Waals surface area contributed by atoms with Gasteiger partial charge in [-0.3, -0.25) is 9.69 Å². The summed E-state index contributed by atoms with van der Waals surface area (Å²) in [5.74, 6) is -2.99. The van der Waals surface area contributed by atoms with E-state index >= 15 is 0 Å². The van der Waals surface area contributed by atoms with Gasteiger partial charge in [-0.25, -0.2) is 8.78 Å². The molecule has 2 aliphatic rings. The van der Waals surface area contributed by atoms with Gasteiger partial charge in [0.1, 0.15) is 11.6 Å². The van der Waals surface area contributed by atoms with Crippen LogP contribution < -0.4 is 0 Å². The van der Waals surface area contributed by atoms with E-state index < -0.39 is 11.5 Å². The molecule has 2 saturated heterocycles. The molecule has 6 heteroatoms. The lowest BCUT2D eigenvalue weighted by Crippen LogP contribution is -2.45. The molecule has 0 N–H and O–H groups in total. The van der Waals surface area contributed by atoms with Crippen molar-refractivity contribution in [1.29, 1.82) is 5.26 Å². The predicted octanol–water partition coefficient (Wildman–Crippen LogP) is 2.96. The summed E-state index contributed by atoms with van der Waals surface area (Å²) in [4.78, 5) is 16.0. The average molecular weight is 325 g/mol. The van der Waals surface area contributed by atoms with Crippen molar-refractivity contribution in [1.82, 2.24) is 9.80 Å². The highest BCUT2D eigenvalue weighted by atomic mass is 19.3. The fourth-order valence-corrected chi connectivity index (χ4v) is 3.44. The number of amides is 1. The molecule has 4 nitrogen and oxygen atoms in total. The lowest BCUT2D eigenvalue weighted by atomic mass is 9.97. The van der Waals surface area contributed by atoms with Crippen LogP contribution in [0.1, 0.15) is 47.0 Å². The molecule has 0 aromatic rings. The first-order valence-electron chi connectivity index (χ1n) is 8.06. The molecule has 0 bridgehead atoms. The SMILES string of the molecule is CC(C)(/C=C(\C#N)C(=O)N1CCCC1(C)C)N1CCC(F)(F)C1. The van der Waals surface area contributed by atoms with Crippen LogP contribution in [-0.2, 0) is 4.79 Å². The minimum atomic E-state index is -2.70. The van der Waals surface area contributed by atoms with Crippen molar-refractivity contribution in [3.8, 4) is 6.07 Å². The molecule has 0 spiro atoms. The summed E-state index contributed by atoms with van der Waals surface area (Å²) in [5.41, 5.74) is -0.984. The molecule has 0 aromatic carbocycles. The zero-order chi connectivity index (χ0) is 17.5. The third-order valence-corrected chi connectivity index (χ3v) is 4.98. The zero-order valence-corrected chi connectivity index (χ0v) is 14.3. The highest BCUT2D eigenvalue weighted by molar-refractivity contribution is 5.98. The quantitative estimate of drug-likeness (QED) is 0.592. The summed E-state index contributed by atoms with van der Waals surface area (Å²) in [6, 6.07) is 1.97. The second kappa shape index (κ2) is 5.86. The molecule has 0 atom stereocenters. The van der Waals surface area contributed by atoms with E-state index in [1.807, 2.05) is 19.9 Å². The number of rotatable bonds is 3. The van der Waals surface area contributed by atoms with Gasteiger partial charge in [0.2, 0.25) is 0 Å². The van der Waals surface area contributed by atoms with E-state index in [9.17, 15) is 18.8 Å². The minimum Gasteiger partial charge on any atom is -0.333 e. The smallest absolute Gasteiger partial charge is 0.264 e. The van der Waals surface area contributed by atoms with Crippen molar-refractivity contribution in [2.45, 2.75) is 64.0 Å². The molecule has 0 saturated carbocycles. The van der Waals surface area contributed by atoms with E-state index in [2.05, 4.69) is 0 Å². The number of hydrogen-bond acceptors (Lipinski definition) is 3. The summed E-state index contributed by atoms with van der Waals surface area (Å²) >= 11 is 0. The molecule has 2 rings (SSSR count). The van der Waals surface area contributed by atoms with Gasteiger partial charge in [-0.05, 0) is 46.6 Å². The van der Waals surface area contributed by atoms with Crippen molar-refractivity contribution >= 4 is 5.91 Å². The Bertz CT molecular complexity index is 561. The fraction of sp³-hybridized carbons (Fsp3) is 0.765. The van der Waals surface area contributed by atoms with Crippen LogP contribution in [0.5, 0.6) is 0 Å². The number of likely N-dealkylation sites (tertiary alicyclic amines) is 2. The number of halogens is 2. The molecule has 128 valence electrons. The molecule has 0 radical (unpaired) electrons. The summed E-state index contributed by atoms with van der Waals surface area (Å²) in [6.45, 7) is 8.07. The van der Waals surface area contributed by atoms with E-state index in [1.54, 1.807) is 29.7 Å². The van der Waals surface area contributed by atoms with E-state index in [0.29, 0.717) is 6.54 Å². The Morgan fingerprint density at radius 3 is 2.35 bits per heavy atom. The Balaban J connectivity index is 2.21. The molecule has 23 heavy (non-hydrogen) atoms. The van der Waals surface area contributed by atoms with Gasteiger partial charge in [0.25, 0.3) is 11.8 Å². The van der Waals surface area contributed by atoms with Crippen molar-refractivity contribution < 1.29 is 13.6 Å². The Hall–Kier alpha value is -1.48. The van der Waals surface area contributed by atoms with Crippen LogP contribution in [0.3, 0.4) is 0 Å². The molecule has 1 amide bonds. The molecule has 0 unspecified atom stereocenters. The van der Waals surface area contributed by atoms with Gasteiger partial charge in [-0.15, -0.1) is 0 Å². The summed E-state index contributed by atoms with van der Waals surface area (Å²) < 4.78 is 26.9. The highest BCUT2D eigenvalue weighted by Crippen LogP contribution is 2.34. The van der Waals surface area contributed by atoms with Crippen LogP contribution in [0.15, 0.2) is 11.6 Å². The number of alkyl halides is 2. The van der Waals surface area contributed by atoms with Crippen LogP contribution in [0, 0.1) is 11.3 Å². The van der Waals surface area contributed by atoms with E-state index in [0.717, 1.165) is 12.8 Å². The Morgan fingerprint density at radius 2 is 1.91 bits per heavy atom. The predicted molar refractivity (Wildman–Crippen MR) is 83.9 cm³/mol. The third kappa shape index (κ3) is 3.72. The molecule has 2 fully saturated rings. The first-order valence-corrected chi connectivity index (χ1v) is 8.06. The minimum absolute atomic E-state index is 0.0418. The number of hydrogen-bond donors (Lipinski definition) is 0. The van der Waals surface area contributed by atoms with Crippen molar-refractivity contribution in [2.75, 3.05) is 19.6 Å². The number of carbonyl (C=O) groups is 1. The Kier molecular flexibility index (Phi) is 4.55. The molecular weight excluding hydrogens is 300 g/mol. The van der Waals surface area contributed by atoms with Crippen LogP contribution in [0.25, 0.3) is 0 Å². The average Bonchev–Trinajstić information content (AvgIpc) is 2.97. The molecule has 2 aliphatic heterocycles. The summed E-state index contributed by atoms with van der Waals surface area (Å²) in [7, 11) is 0. The largest absolute Gasteiger partial charge is 0.333 e. The lowest BCUT2D eigenvalue weighted by Gasteiger charge is -2.34. The maximum absolute atomic E-state index is 13.4. The van der Waals surface area contributed by atoms with Crippen LogP contribution in [0.4, 0.5) is 8.78 Å². The number of nitrogens with zero attached hydrogens (tertiary/aromatic N) is 3. The Morgan fingerprint density at radius 1 is 1.26 bits per heavy atom. The summed E-state index contributed by atoms with van der Waals surface area (Å²) in [6.07, 6.45) is 3.18.